The van der Waals surface area contributed by atoms with Gasteiger partial charge in [0.2, 0.25) is 0 Å². The van der Waals surface area contributed by atoms with Crippen molar-refractivity contribution in [1.29, 1.82) is 0 Å². The van der Waals surface area contributed by atoms with E-state index in [1.54, 1.807) is 17.0 Å². The zero-order valence-corrected chi connectivity index (χ0v) is 11.1. The number of hydrogen-bond donors (Lipinski definition) is 0. The SMILES string of the molecule is CCc1nc(Cl)cc(=O)n1Cc1cncc(C)c1. The zero-order valence-electron chi connectivity index (χ0n) is 10.4. The Morgan fingerprint density at radius 1 is 1.33 bits per heavy atom. The third-order valence-corrected chi connectivity index (χ3v) is 2.84. The molecule has 0 aliphatic carbocycles. The van der Waals surface area contributed by atoms with Crippen molar-refractivity contribution >= 4 is 11.6 Å². The predicted octanol–water partition coefficient (Wildman–Crippen LogP) is 2.21. The van der Waals surface area contributed by atoms with Crippen LogP contribution in [0.1, 0.15) is 23.9 Å². The Labute approximate surface area is 110 Å². The van der Waals surface area contributed by atoms with E-state index in [1.165, 1.54) is 6.07 Å². The second-order valence-corrected chi connectivity index (χ2v) is 4.53. The third-order valence-electron chi connectivity index (χ3n) is 2.64. The van der Waals surface area contributed by atoms with Crippen LogP contribution in [0.4, 0.5) is 0 Å². The summed E-state index contributed by atoms with van der Waals surface area (Å²) in [6, 6.07) is 3.34. The van der Waals surface area contributed by atoms with E-state index < -0.39 is 0 Å². The van der Waals surface area contributed by atoms with Crippen LogP contribution < -0.4 is 5.56 Å². The highest BCUT2D eigenvalue weighted by Crippen LogP contribution is 2.07. The van der Waals surface area contributed by atoms with E-state index in [0.29, 0.717) is 18.8 Å². The van der Waals surface area contributed by atoms with Crippen LogP contribution in [0.15, 0.2) is 29.3 Å². The van der Waals surface area contributed by atoms with Crippen molar-refractivity contribution in [2.45, 2.75) is 26.8 Å². The molecule has 0 radical (unpaired) electrons. The highest BCUT2D eigenvalue weighted by molar-refractivity contribution is 6.29. The molecule has 2 aromatic rings. The summed E-state index contributed by atoms with van der Waals surface area (Å²) in [6.45, 7) is 4.39. The summed E-state index contributed by atoms with van der Waals surface area (Å²) in [5.74, 6) is 0.689. The zero-order chi connectivity index (χ0) is 13.1. The predicted molar refractivity (Wildman–Crippen MR) is 71.0 cm³/mol. The molecule has 0 N–H and O–H groups in total. The Kier molecular flexibility index (Phi) is 3.77. The summed E-state index contributed by atoms with van der Waals surface area (Å²) in [7, 11) is 0. The highest BCUT2D eigenvalue weighted by Gasteiger charge is 2.07. The second-order valence-electron chi connectivity index (χ2n) is 4.14. The fourth-order valence-corrected chi connectivity index (χ4v) is 2.04. The van der Waals surface area contributed by atoms with Crippen molar-refractivity contribution in [2.24, 2.45) is 0 Å². The van der Waals surface area contributed by atoms with Gasteiger partial charge in [-0.05, 0) is 18.1 Å². The lowest BCUT2D eigenvalue weighted by Gasteiger charge is -2.11. The largest absolute Gasteiger partial charge is 0.292 e. The van der Waals surface area contributed by atoms with Crippen LogP contribution in [-0.4, -0.2) is 14.5 Å². The molecule has 0 spiro atoms. The number of halogens is 1. The van der Waals surface area contributed by atoms with E-state index in [9.17, 15) is 4.79 Å². The number of hydrogen-bond acceptors (Lipinski definition) is 3. The standard InChI is InChI=1S/C13H14ClN3O/c1-3-12-16-11(14)5-13(18)17(12)8-10-4-9(2)6-15-7-10/h4-7H,3,8H2,1-2H3. The Bertz CT molecular complexity index is 622. The monoisotopic (exact) mass is 263 g/mol. The van der Waals surface area contributed by atoms with Gasteiger partial charge >= 0.3 is 0 Å². The van der Waals surface area contributed by atoms with Gasteiger partial charge < -0.3 is 0 Å². The Balaban J connectivity index is 2.43. The Hall–Kier alpha value is -1.68. The molecule has 94 valence electrons. The molecule has 0 aliphatic rings. The molecule has 0 atom stereocenters. The minimum absolute atomic E-state index is 0.131. The van der Waals surface area contributed by atoms with Gasteiger partial charge in [0.1, 0.15) is 11.0 Å². The summed E-state index contributed by atoms with van der Waals surface area (Å²) >= 11 is 5.79. The normalized spacial score (nSPS) is 10.6. The van der Waals surface area contributed by atoms with Gasteiger partial charge in [0.05, 0.1) is 6.54 Å². The average molecular weight is 264 g/mol. The highest BCUT2D eigenvalue weighted by atomic mass is 35.5. The first kappa shape index (κ1) is 12.8. The minimum Gasteiger partial charge on any atom is -0.292 e. The van der Waals surface area contributed by atoms with Gasteiger partial charge in [-0.1, -0.05) is 24.6 Å². The lowest BCUT2D eigenvalue weighted by atomic mass is 10.2. The fourth-order valence-electron chi connectivity index (χ4n) is 1.85. The van der Waals surface area contributed by atoms with Crippen molar-refractivity contribution in [3.63, 3.8) is 0 Å². The molecule has 0 fully saturated rings. The average Bonchev–Trinajstić information content (AvgIpc) is 2.32. The van der Waals surface area contributed by atoms with Gasteiger partial charge in [0.15, 0.2) is 0 Å². The molecule has 0 aliphatic heterocycles. The van der Waals surface area contributed by atoms with Crippen LogP contribution in [0.25, 0.3) is 0 Å². The van der Waals surface area contributed by atoms with Crippen LogP contribution in [0, 0.1) is 6.92 Å². The lowest BCUT2D eigenvalue weighted by Crippen LogP contribution is -2.24. The van der Waals surface area contributed by atoms with Gasteiger partial charge in [-0.15, -0.1) is 0 Å². The summed E-state index contributed by atoms with van der Waals surface area (Å²) in [5, 5.41) is 0.246. The molecular formula is C13H14ClN3O. The molecular weight excluding hydrogens is 250 g/mol. The van der Waals surface area contributed by atoms with Crippen molar-refractivity contribution < 1.29 is 0 Å². The van der Waals surface area contributed by atoms with Gasteiger partial charge in [0.25, 0.3) is 5.56 Å². The molecule has 4 nitrogen and oxygen atoms in total. The second kappa shape index (κ2) is 5.31. The van der Waals surface area contributed by atoms with Crippen molar-refractivity contribution in [3.05, 3.63) is 57.0 Å². The molecule has 0 unspecified atom stereocenters. The third kappa shape index (κ3) is 2.76. The van der Waals surface area contributed by atoms with E-state index in [2.05, 4.69) is 9.97 Å². The van der Waals surface area contributed by atoms with Crippen LogP contribution >= 0.6 is 11.6 Å². The summed E-state index contributed by atoms with van der Waals surface area (Å²) in [6.07, 6.45) is 4.20. The topological polar surface area (TPSA) is 47.8 Å². The van der Waals surface area contributed by atoms with Crippen LogP contribution in [0.5, 0.6) is 0 Å². The fraction of sp³-hybridized carbons (Fsp3) is 0.308. The van der Waals surface area contributed by atoms with E-state index >= 15 is 0 Å². The van der Waals surface area contributed by atoms with Gasteiger partial charge in [-0.3, -0.25) is 14.3 Å². The van der Waals surface area contributed by atoms with E-state index in [4.69, 9.17) is 11.6 Å². The Morgan fingerprint density at radius 2 is 2.11 bits per heavy atom. The van der Waals surface area contributed by atoms with Gasteiger partial charge in [-0.25, -0.2) is 4.98 Å². The quantitative estimate of drug-likeness (QED) is 0.798. The summed E-state index contributed by atoms with van der Waals surface area (Å²) in [4.78, 5) is 20.2. The van der Waals surface area contributed by atoms with Gasteiger partial charge in [0, 0.05) is 24.9 Å². The summed E-state index contributed by atoms with van der Waals surface area (Å²) < 4.78 is 1.63. The number of pyridine rings is 1. The smallest absolute Gasteiger partial charge is 0.255 e. The van der Waals surface area contributed by atoms with E-state index in [1.807, 2.05) is 19.9 Å². The first-order valence-electron chi connectivity index (χ1n) is 5.77. The maximum absolute atomic E-state index is 11.9. The lowest BCUT2D eigenvalue weighted by molar-refractivity contribution is 0.672. The van der Waals surface area contributed by atoms with Crippen LogP contribution in [0.3, 0.4) is 0 Å². The molecule has 0 amide bonds. The first-order chi connectivity index (χ1) is 8.60. The van der Waals surface area contributed by atoms with Crippen LogP contribution in [0.2, 0.25) is 5.15 Å². The van der Waals surface area contributed by atoms with Crippen molar-refractivity contribution in [1.82, 2.24) is 14.5 Å². The molecule has 2 rings (SSSR count). The Morgan fingerprint density at radius 3 is 2.78 bits per heavy atom. The molecule has 18 heavy (non-hydrogen) atoms. The number of rotatable bonds is 3. The molecule has 0 aromatic carbocycles. The van der Waals surface area contributed by atoms with Crippen molar-refractivity contribution in [3.8, 4) is 0 Å². The molecule has 0 bridgehead atoms. The first-order valence-corrected chi connectivity index (χ1v) is 6.14. The molecule has 2 heterocycles. The number of aromatic nitrogens is 3. The maximum Gasteiger partial charge on any atom is 0.255 e. The maximum atomic E-state index is 11.9. The number of nitrogens with zero attached hydrogens (tertiary/aromatic N) is 3. The minimum atomic E-state index is -0.131. The molecule has 0 saturated carbocycles. The van der Waals surface area contributed by atoms with Crippen LogP contribution in [-0.2, 0) is 13.0 Å². The van der Waals surface area contributed by atoms with E-state index in [-0.39, 0.29) is 10.7 Å². The van der Waals surface area contributed by atoms with Gasteiger partial charge in [-0.2, -0.15) is 0 Å². The van der Waals surface area contributed by atoms with E-state index in [0.717, 1.165) is 11.1 Å². The summed E-state index contributed by atoms with van der Waals surface area (Å²) in [5.41, 5.74) is 1.92. The molecule has 5 heteroatoms. The molecule has 2 aromatic heterocycles. The number of aryl methyl sites for hydroxylation is 2. The molecule has 0 saturated heterocycles. The van der Waals surface area contributed by atoms with Crippen molar-refractivity contribution in [2.75, 3.05) is 0 Å².